The summed E-state index contributed by atoms with van der Waals surface area (Å²) < 4.78 is 0. The summed E-state index contributed by atoms with van der Waals surface area (Å²) in [7, 11) is 0. The Morgan fingerprint density at radius 1 is 1.25 bits per heavy atom. The molecule has 1 N–H and O–H groups in total. The van der Waals surface area contributed by atoms with Gasteiger partial charge in [-0.2, -0.15) is 11.8 Å². The first-order chi connectivity index (χ1) is 9.53. The number of nitrogens with one attached hydrogen (secondary N) is 1. The van der Waals surface area contributed by atoms with Crippen molar-refractivity contribution in [3.05, 3.63) is 0 Å². The number of thioether (sulfide) groups is 1. The molecular weight excluding hydrogens is 276 g/mol. The summed E-state index contributed by atoms with van der Waals surface area (Å²) in [6.45, 7) is 3.91. The van der Waals surface area contributed by atoms with E-state index in [4.69, 9.17) is 0 Å². The van der Waals surface area contributed by atoms with Crippen molar-refractivity contribution >= 4 is 29.6 Å². The minimum atomic E-state index is -0.989. The summed E-state index contributed by atoms with van der Waals surface area (Å²) in [5.41, 5.74) is -0.989. The van der Waals surface area contributed by atoms with Crippen molar-refractivity contribution in [3.8, 4) is 0 Å². The Morgan fingerprint density at radius 3 is 2.50 bits per heavy atom. The molecule has 1 spiro atoms. The first kappa shape index (κ1) is 15.4. The van der Waals surface area contributed by atoms with Gasteiger partial charge in [-0.15, -0.1) is 0 Å². The Kier molecular flexibility index (Phi) is 4.73. The largest absolute Gasteiger partial charge is 0.331 e. The highest BCUT2D eigenvalue weighted by Gasteiger charge is 2.54. The van der Waals surface area contributed by atoms with Gasteiger partial charge in [-0.1, -0.05) is 26.2 Å². The van der Waals surface area contributed by atoms with E-state index in [-0.39, 0.29) is 11.9 Å². The summed E-state index contributed by atoms with van der Waals surface area (Å²) in [6.07, 6.45) is 3.93. The summed E-state index contributed by atoms with van der Waals surface area (Å²) in [5, 5.41) is 2.40. The van der Waals surface area contributed by atoms with E-state index in [0.717, 1.165) is 25.0 Å². The van der Waals surface area contributed by atoms with Crippen LogP contribution in [0, 0.1) is 5.41 Å². The first-order valence-electron chi connectivity index (χ1n) is 7.29. The van der Waals surface area contributed by atoms with Gasteiger partial charge >= 0.3 is 6.03 Å². The molecule has 0 radical (unpaired) electrons. The third-order valence-electron chi connectivity index (χ3n) is 4.21. The molecule has 6 heteroatoms. The van der Waals surface area contributed by atoms with Crippen LogP contribution in [-0.4, -0.2) is 40.3 Å². The van der Waals surface area contributed by atoms with Gasteiger partial charge in [0.2, 0.25) is 11.8 Å². The van der Waals surface area contributed by atoms with E-state index in [1.807, 2.05) is 13.8 Å². The van der Waals surface area contributed by atoms with Gasteiger partial charge in [0.15, 0.2) is 0 Å². The lowest BCUT2D eigenvalue weighted by Crippen LogP contribution is -2.66. The Hall–Kier alpha value is -1.04. The monoisotopic (exact) mass is 298 g/mol. The SMILES string of the molecule is CCSCC(C)N1C(=O)NC(=O)C2(CCCCC2)C1=O. The second kappa shape index (κ2) is 6.16. The van der Waals surface area contributed by atoms with Crippen molar-refractivity contribution < 1.29 is 14.4 Å². The molecule has 0 aromatic heterocycles. The lowest BCUT2D eigenvalue weighted by Gasteiger charge is -2.43. The van der Waals surface area contributed by atoms with Crippen LogP contribution in [0.5, 0.6) is 0 Å². The van der Waals surface area contributed by atoms with Crippen LogP contribution >= 0.6 is 11.8 Å². The molecule has 2 fully saturated rings. The fourth-order valence-corrected chi connectivity index (χ4v) is 3.78. The normalized spacial score (nSPS) is 23.9. The molecule has 1 heterocycles. The van der Waals surface area contributed by atoms with Gasteiger partial charge in [-0.3, -0.25) is 19.8 Å². The minimum Gasteiger partial charge on any atom is -0.277 e. The van der Waals surface area contributed by atoms with Gasteiger partial charge in [0.1, 0.15) is 5.41 Å². The first-order valence-corrected chi connectivity index (χ1v) is 8.45. The van der Waals surface area contributed by atoms with E-state index in [0.29, 0.717) is 18.6 Å². The van der Waals surface area contributed by atoms with Crippen molar-refractivity contribution in [3.63, 3.8) is 0 Å². The van der Waals surface area contributed by atoms with E-state index in [2.05, 4.69) is 5.32 Å². The second-order valence-corrected chi connectivity index (χ2v) is 6.90. The molecular formula is C14H22N2O3S. The van der Waals surface area contributed by atoms with Crippen LogP contribution in [0.4, 0.5) is 4.79 Å². The quantitative estimate of drug-likeness (QED) is 0.808. The fourth-order valence-electron chi connectivity index (χ4n) is 3.06. The highest BCUT2D eigenvalue weighted by atomic mass is 32.2. The van der Waals surface area contributed by atoms with Crippen LogP contribution in [0.25, 0.3) is 0 Å². The maximum Gasteiger partial charge on any atom is 0.331 e. The third-order valence-corrected chi connectivity index (χ3v) is 5.34. The van der Waals surface area contributed by atoms with E-state index in [1.165, 1.54) is 4.90 Å². The van der Waals surface area contributed by atoms with Crippen LogP contribution in [-0.2, 0) is 9.59 Å². The molecule has 1 saturated carbocycles. The molecule has 1 aliphatic heterocycles. The molecule has 0 aromatic rings. The van der Waals surface area contributed by atoms with Crippen molar-refractivity contribution in [2.75, 3.05) is 11.5 Å². The van der Waals surface area contributed by atoms with Gasteiger partial charge < -0.3 is 0 Å². The van der Waals surface area contributed by atoms with Crippen LogP contribution in [0.1, 0.15) is 46.0 Å². The highest BCUT2D eigenvalue weighted by molar-refractivity contribution is 7.99. The van der Waals surface area contributed by atoms with Gasteiger partial charge in [-0.25, -0.2) is 4.79 Å². The number of amides is 4. The Labute approximate surface area is 123 Å². The van der Waals surface area contributed by atoms with Crippen molar-refractivity contribution in [2.24, 2.45) is 5.41 Å². The number of urea groups is 1. The van der Waals surface area contributed by atoms with Crippen molar-refractivity contribution in [1.82, 2.24) is 10.2 Å². The molecule has 2 rings (SSSR count). The lowest BCUT2D eigenvalue weighted by atomic mass is 9.71. The molecule has 1 saturated heterocycles. The van der Waals surface area contributed by atoms with E-state index >= 15 is 0 Å². The maximum atomic E-state index is 12.8. The average Bonchev–Trinajstić information content (AvgIpc) is 2.44. The number of carbonyl (C=O) groups is 3. The zero-order valence-corrected chi connectivity index (χ0v) is 12.9. The molecule has 1 unspecified atom stereocenters. The smallest absolute Gasteiger partial charge is 0.277 e. The number of hydrogen-bond acceptors (Lipinski definition) is 4. The van der Waals surface area contributed by atoms with Gasteiger partial charge in [-0.05, 0) is 25.5 Å². The predicted octanol–water partition coefficient (Wildman–Crippen LogP) is 2.16. The Balaban J connectivity index is 2.22. The molecule has 4 amide bonds. The van der Waals surface area contributed by atoms with Crippen molar-refractivity contribution in [1.29, 1.82) is 0 Å². The number of nitrogens with zero attached hydrogens (tertiary/aromatic N) is 1. The van der Waals surface area contributed by atoms with Gasteiger partial charge in [0, 0.05) is 11.8 Å². The topological polar surface area (TPSA) is 66.5 Å². The van der Waals surface area contributed by atoms with Crippen LogP contribution in [0.15, 0.2) is 0 Å². The van der Waals surface area contributed by atoms with Crippen LogP contribution < -0.4 is 5.32 Å². The standard InChI is InChI=1S/C14H22N2O3S/c1-3-20-9-10(2)16-12(18)14(7-5-4-6-8-14)11(17)15-13(16)19/h10H,3-9H2,1-2H3,(H,15,17,19). The number of rotatable bonds is 4. The highest BCUT2D eigenvalue weighted by Crippen LogP contribution is 2.40. The molecule has 1 aliphatic carbocycles. The van der Waals surface area contributed by atoms with Gasteiger partial charge in [0.25, 0.3) is 0 Å². The summed E-state index contributed by atoms with van der Waals surface area (Å²) in [5.74, 6) is 0.979. The molecule has 0 bridgehead atoms. The molecule has 1 atom stereocenters. The number of imide groups is 2. The zero-order chi connectivity index (χ0) is 14.8. The maximum absolute atomic E-state index is 12.8. The summed E-state index contributed by atoms with van der Waals surface area (Å²) in [4.78, 5) is 38.2. The predicted molar refractivity (Wildman–Crippen MR) is 78.4 cm³/mol. The zero-order valence-electron chi connectivity index (χ0n) is 12.1. The minimum absolute atomic E-state index is 0.181. The number of barbiturate groups is 1. The molecule has 5 nitrogen and oxygen atoms in total. The number of carbonyl (C=O) groups excluding carboxylic acids is 3. The lowest BCUT2D eigenvalue weighted by molar-refractivity contribution is -0.154. The molecule has 112 valence electrons. The van der Waals surface area contributed by atoms with Gasteiger partial charge in [0.05, 0.1) is 0 Å². The number of hydrogen-bond donors (Lipinski definition) is 1. The molecule has 20 heavy (non-hydrogen) atoms. The van der Waals surface area contributed by atoms with E-state index in [9.17, 15) is 14.4 Å². The molecule has 2 aliphatic rings. The fraction of sp³-hybridized carbons (Fsp3) is 0.786. The second-order valence-electron chi connectivity index (χ2n) is 5.59. The van der Waals surface area contributed by atoms with Crippen molar-refractivity contribution in [2.45, 2.75) is 52.0 Å². The van der Waals surface area contributed by atoms with E-state index < -0.39 is 17.4 Å². The Bertz CT molecular complexity index is 419. The summed E-state index contributed by atoms with van der Waals surface area (Å²) >= 11 is 1.69. The average molecular weight is 298 g/mol. The molecule has 0 aromatic carbocycles. The third kappa shape index (κ3) is 2.57. The van der Waals surface area contributed by atoms with E-state index in [1.54, 1.807) is 11.8 Å². The summed E-state index contributed by atoms with van der Waals surface area (Å²) in [6, 6.07) is -0.736. The van der Waals surface area contributed by atoms with Crippen LogP contribution in [0.2, 0.25) is 0 Å². The Morgan fingerprint density at radius 2 is 1.90 bits per heavy atom. The van der Waals surface area contributed by atoms with Crippen LogP contribution in [0.3, 0.4) is 0 Å².